The molecule has 0 saturated carbocycles. The molecule has 0 aliphatic carbocycles. The molecule has 0 aromatic carbocycles. The van der Waals surface area contributed by atoms with Gasteiger partial charge >= 0.3 is 0 Å². The molecule has 0 saturated heterocycles. The van der Waals surface area contributed by atoms with Gasteiger partial charge in [-0.05, 0) is 32.1 Å². The summed E-state index contributed by atoms with van der Waals surface area (Å²) in [6, 6.07) is 0. The topological polar surface area (TPSA) is 74.6 Å². The van der Waals surface area contributed by atoms with E-state index < -0.39 is 15.4 Å². The molecule has 0 radical (unpaired) electrons. The Labute approximate surface area is 131 Å². The molecule has 2 N–H and O–H groups in total. The number of aliphatic hydroxyl groups excluding tert-OH is 1. The van der Waals surface area contributed by atoms with Crippen molar-refractivity contribution in [2.24, 2.45) is 0 Å². The van der Waals surface area contributed by atoms with E-state index in [1.54, 1.807) is 0 Å². The zero-order valence-corrected chi connectivity index (χ0v) is 14.6. The first-order chi connectivity index (χ1) is 9.91. The maximum absolute atomic E-state index is 11.3. The van der Waals surface area contributed by atoms with E-state index in [1.807, 2.05) is 6.92 Å². The third-order valence-electron chi connectivity index (χ3n) is 4.01. The summed E-state index contributed by atoms with van der Waals surface area (Å²) < 4.78 is 31.8. The van der Waals surface area contributed by atoms with Crippen LogP contribution in [0, 0.1) is 0 Å². The summed E-state index contributed by atoms with van der Waals surface area (Å²) >= 11 is 0. The van der Waals surface area contributed by atoms with Crippen LogP contribution < -0.4 is 0 Å². The van der Waals surface area contributed by atoms with Crippen molar-refractivity contribution in [3.05, 3.63) is 0 Å². The van der Waals surface area contributed by atoms with Gasteiger partial charge in [0.2, 0.25) is 0 Å². The molecule has 5 heteroatoms. The van der Waals surface area contributed by atoms with Crippen molar-refractivity contribution in [1.29, 1.82) is 0 Å². The molecule has 0 aromatic heterocycles. The molecule has 2 atom stereocenters. The first kappa shape index (κ1) is 20.9. The van der Waals surface area contributed by atoms with E-state index >= 15 is 0 Å². The van der Waals surface area contributed by atoms with Gasteiger partial charge in [0.05, 0.1) is 11.4 Å². The van der Waals surface area contributed by atoms with Crippen LogP contribution in [0.3, 0.4) is 0 Å². The van der Waals surface area contributed by atoms with Crippen molar-refractivity contribution in [1.82, 2.24) is 0 Å². The molecular formula is C16H34O4S. The Kier molecular flexibility index (Phi) is 12.3. The lowest BCUT2D eigenvalue weighted by atomic mass is 10.0. The van der Waals surface area contributed by atoms with Crippen molar-refractivity contribution in [2.45, 2.75) is 102 Å². The van der Waals surface area contributed by atoms with Crippen molar-refractivity contribution in [3.63, 3.8) is 0 Å². The Morgan fingerprint density at radius 2 is 1.29 bits per heavy atom. The van der Waals surface area contributed by atoms with Gasteiger partial charge in [-0.3, -0.25) is 4.55 Å². The summed E-state index contributed by atoms with van der Waals surface area (Å²) in [6.07, 6.45) is 10.4. The van der Waals surface area contributed by atoms with Gasteiger partial charge < -0.3 is 5.11 Å². The van der Waals surface area contributed by atoms with E-state index in [-0.39, 0.29) is 6.10 Å². The number of unbranched alkanes of at least 4 members (excludes halogenated alkanes) is 5. The molecule has 0 bridgehead atoms. The summed E-state index contributed by atoms with van der Waals surface area (Å²) in [7, 11) is -3.94. The minimum absolute atomic E-state index is 0.333. The summed E-state index contributed by atoms with van der Waals surface area (Å²) in [4.78, 5) is 0. The Morgan fingerprint density at radius 1 is 0.762 bits per heavy atom. The van der Waals surface area contributed by atoms with E-state index in [2.05, 4.69) is 6.92 Å². The quantitative estimate of drug-likeness (QED) is 0.369. The molecule has 4 nitrogen and oxygen atoms in total. The molecule has 0 fully saturated rings. The molecule has 2 unspecified atom stereocenters. The van der Waals surface area contributed by atoms with E-state index in [9.17, 15) is 18.1 Å². The first-order valence-electron chi connectivity index (χ1n) is 8.56. The van der Waals surface area contributed by atoms with Gasteiger partial charge in [0.25, 0.3) is 10.1 Å². The molecule has 21 heavy (non-hydrogen) atoms. The summed E-state index contributed by atoms with van der Waals surface area (Å²) in [5, 5.41) is 9.23. The van der Waals surface area contributed by atoms with E-state index in [4.69, 9.17) is 0 Å². The SMILES string of the molecule is CCCCCCCC(O)CCCC(CCCC)S(=O)(=O)O. The average Bonchev–Trinajstić information content (AvgIpc) is 2.41. The van der Waals surface area contributed by atoms with E-state index in [0.29, 0.717) is 25.7 Å². The fourth-order valence-corrected chi connectivity index (χ4v) is 3.51. The minimum atomic E-state index is -3.94. The van der Waals surface area contributed by atoms with Crippen molar-refractivity contribution in [3.8, 4) is 0 Å². The third kappa shape index (κ3) is 12.1. The highest BCUT2D eigenvalue weighted by Gasteiger charge is 2.22. The fourth-order valence-electron chi connectivity index (χ4n) is 2.58. The zero-order valence-electron chi connectivity index (χ0n) is 13.8. The molecule has 0 spiro atoms. The lowest BCUT2D eigenvalue weighted by molar-refractivity contribution is 0.147. The molecule has 0 aliphatic rings. The lowest BCUT2D eigenvalue weighted by Crippen LogP contribution is -2.21. The normalized spacial score (nSPS) is 15.0. The fraction of sp³-hybridized carbons (Fsp3) is 1.00. The highest BCUT2D eigenvalue weighted by Crippen LogP contribution is 2.18. The monoisotopic (exact) mass is 322 g/mol. The highest BCUT2D eigenvalue weighted by molar-refractivity contribution is 7.86. The van der Waals surface area contributed by atoms with Crippen LogP contribution in [0.4, 0.5) is 0 Å². The molecule has 0 rings (SSSR count). The van der Waals surface area contributed by atoms with Gasteiger partial charge in [0.1, 0.15) is 0 Å². The van der Waals surface area contributed by atoms with E-state index in [0.717, 1.165) is 32.1 Å². The maximum atomic E-state index is 11.3. The van der Waals surface area contributed by atoms with Gasteiger partial charge in [-0.15, -0.1) is 0 Å². The van der Waals surface area contributed by atoms with Crippen LogP contribution in [0.1, 0.15) is 90.9 Å². The molecule has 0 aromatic rings. The predicted molar refractivity (Wildman–Crippen MR) is 88.1 cm³/mol. The Balaban J connectivity index is 3.82. The number of rotatable bonds is 14. The van der Waals surface area contributed by atoms with Crippen LogP contribution in [-0.2, 0) is 10.1 Å². The Morgan fingerprint density at radius 3 is 1.86 bits per heavy atom. The summed E-state index contributed by atoms with van der Waals surface area (Å²) in [5.74, 6) is 0. The Bertz CT molecular complexity index is 327. The number of aliphatic hydroxyl groups is 1. The maximum Gasteiger partial charge on any atom is 0.267 e. The van der Waals surface area contributed by atoms with Gasteiger partial charge in [-0.25, -0.2) is 0 Å². The largest absolute Gasteiger partial charge is 0.393 e. The average molecular weight is 323 g/mol. The van der Waals surface area contributed by atoms with Gasteiger partial charge in [0, 0.05) is 0 Å². The molecule has 0 amide bonds. The van der Waals surface area contributed by atoms with Gasteiger partial charge in [-0.2, -0.15) is 8.42 Å². The standard InChI is InChI=1S/C16H34O4S/c1-3-5-7-8-9-11-15(17)12-10-14-16(13-6-4-2)21(18,19)20/h15-17H,3-14H2,1-2H3,(H,18,19,20). The Hall–Kier alpha value is -0.130. The van der Waals surface area contributed by atoms with Gasteiger partial charge in [-0.1, -0.05) is 58.8 Å². The third-order valence-corrected chi connectivity index (χ3v) is 5.32. The molecule has 0 heterocycles. The summed E-state index contributed by atoms with van der Waals surface area (Å²) in [6.45, 7) is 4.18. The molecule has 128 valence electrons. The summed E-state index contributed by atoms with van der Waals surface area (Å²) in [5.41, 5.74) is 0. The number of hydrogen-bond acceptors (Lipinski definition) is 3. The smallest absolute Gasteiger partial charge is 0.267 e. The van der Waals surface area contributed by atoms with Crippen LogP contribution in [0.5, 0.6) is 0 Å². The second kappa shape index (κ2) is 12.4. The predicted octanol–water partition coefficient (Wildman–Crippen LogP) is 4.32. The zero-order chi connectivity index (χ0) is 16.1. The lowest BCUT2D eigenvalue weighted by Gasteiger charge is -2.15. The highest BCUT2D eigenvalue weighted by atomic mass is 32.2. The van der Waals surface area contributed by atoms with Crippen LogP contribution in [0.15, 0.2) is 0 Å². The van der Waals surface area contributed by atoms with Crippen molar-refractivity contribution >= 4 is 10.1 Å². The van der Waals surface area contributed by atoms with Gasteiger partial charge in [0.15, 0.2) is 0 Å². The van der Waals surface area contributed by atoms with Crippen LogP contribution in [0.25, 0.3) is 0 Å². The molecule has 0 aliphatic heterocycles. The number of hydrogen-bond donors (Lipinski definition) is 2. The van der Waals surface area contributed by atoms with E-state index in [1.165, 1.54) is 19.3 Å². The second-order valence-corrected chi connectivity index (χ2v) is 7.76. The van der Waals surface area contributed by atoms with Crippen LogP contribution >= 0.6 is 0 Å². The van der Waals surface area contributed by atoms with Crippen molar-refractivity contribution in [2.75, 3.05) is 0 Å². The van der Waals surface area contributed by atoms with Crippen LogP contribution in [-0.4, -0.2) is 29.4 Å². The minimum Gasteiger partial charge on any atom is -0.393 e. The van der Waals surface area contributed by atoms with Crippen molar-refractivity contribution < 1.29 is 18.1 Å². The molecular weight excluding hydrogens is 288 g/mol. The first-order valence-corrected chi connectivity index (χ1v) is 10.1. The van der Waals surface area contributed by atoms with Crippen LogP contribution in [0.2, 0.25) is 0 Å². The second-order valence-electron chi connectivity index (χ2n) is 6.07.